The van der Waals surface area contributed by atoms with Crippen molar-refractivity contribution in [2.75, 3.05) is 0 Å². The van der Waals surface area contributed by atoms with Crippen LogP contribution in [0.1, 0.15) is 5.56 Å². The summed E-state index contributed by atoms with van der Waals surface area (Å²) in [6.07, 6.45) is 0.511. The predicted octanol–water partition coefficient (Wildman–Crippen LogP) is 0.810. The Morgan fingerprint density at radius 1 is 1.36 bits per heavy atom. The Morgan fingerprint density at radius 3 is 2.55 bits per heavy atom. The fraction of sp³-hybridized carbons (Fsp3) is 0.125. The minimum atomic E-state index is 0.126. The van der Waals surface area contributed by atoms with E-state index < -0.39 is 0 Å². The zero-order valence-electron chi connectivity index (χ0n) is 6.08. The Kier molecular flexibility index (Phi) is 4.02. The topological polar surface area (TPSA) is 29.1 Å². The van der Waals surface area contributed by atoms with Crippen LogP contribution < -0.4 is 1.34 Å². The molecule has 11 heavy (non-hydrogen) atoms. The van der Waals surface area contributed by atoms with Crippen LogP contribution >= 0.6 is 0 Å². The molecule has 0 saturated heterocycles. The van der Waals surface area contributed by atoms with Gasteiger partial charge in [0.2, 0.25) is 0 Å². The summed E-state index contributed by atoms with van der Waals surface area (Å²) in [6, 6.07) is 9.75. The Bertz CT molecular complexity index is 235. The molecule has 0 heterocycles. The number of rotatable bonds is 2. The molecule has 0 fully saturated rings. The molecule has 1 aromatic carbocycles. The second-order valence-corrected chi connectivity index (χ2v) is 3.16. The average Bonchev–Trinajstić information content (AvgIpc) is 2.06. The molecule has 1 aromatic rings. The maximum absolute atomic E-state index is 10.9. The monoisotopic (exact) mass is 275 g/mol. The predicted molar refractivity (Wildman–Crippen MR) is 38.3 cm³/mol. The van der Waals surface area contributed by atoms with Gasteiger partial charge in [0.15, 0.2) is 0 Å². The molecule has 0 aliphatic carbocycles. The molecule has 0 saturated carbocycles. The van der Waals surface area contributed by atoms with E-state index >= 15 is 0 Å². The Hall–Kier alpha value is 0.0536. The quantitative estimate of drug-likeness (QED) is 0.850. The van der Waals surface area contributed by atoms with Crippen LogP contribution in [0.3, 0.4) is 0 Å². The fourth-order valence-corrected chi connectivity index (χ4v) is 1.16. The zero-order valence-corrected chi connectivity index (χ0v) is 9.78. The third kappa shape index (κ3) is 3.30. The van der Waals surface area contributed by atoms with E-state index in [1.54, 1.807) is 0 Å². The normalized spacial score (nSPS) is 9.00. The minimum absolute atomic E-state index is 0.126. The molecule has 0 aliphatic heterocycles. The molecule has 3 heteroatoms. The van der Waals surface area contributed by atoms with Crippen LogP contribution in [0.4, 0.5) is 0 Å². The van der Waals surface area contributed by atoms with Crippen molar-refractivity contribution in [3.05, 3.63) is 35.9 Å². The van der Waals surface area contributed by atoms with Crippen LogP contribution in [0.2, 0.25) is 0 Å². The van der Waals surface area contributed by atoms with Crippen molar-refractivity contribution in [1.82, 2.24) is 1.34 Å². The first-order chi connectivity index (χ1) is 5.33. The van der Waals surface area contributed by atoms with Gasteiger partial charge in [0.25, 0.3) is 0 Å². The van der Waals surface area contributed by atoms with Crippen molar-refractivity contribution in [2.45, 2.75) is 6.42 Å². The molecule has 0 bridgehead atoms. The summed E-state index contributed by atoms with van der Waals surface area (Å²) in [5.74, 6) is 0.126. The van der Waals surface area contributed by atoms with Crippen LogP contribution in [-0.2, 0) is 11.2 Å². The maximum atomic E-state index is 10.9. The summed E-state index contributed by atoms with van der Waals surface area (Å²) >= 11 is 0.552. The number of carbonyl (C=O) groups excluding carboxylic acids is 1. The number of nitrogens with one attached hydrogen (secondary N) is 1. The van der Waals surface area contributed by atoms with Gasteiger partial charge in [0, 0.05) is 0 Å². The van der Waals surface area contributed by atoms with Gasteiger partial charge in [-0.15, -0.1) is 0 Å². The van der Waals surface area contributed by atoms with Crippen LogP contribution in [0.15, 0.2) is 30.3 Å². The van der Waals surface area contributed by atoms with E-state index in [1.807, 2.05) is 30.3 Å². The second kappa shape index (κ2) is 4.84. The number of carbonyl (C=O) groups is 1. The van der Waals surface area contributed by atoms with Crippen LogP contribution in [0, 0.1) is 39.6 Å². The molecule has 54 valence electrons. The summed E-state index contributed by atoms with van der Waals surface area (Å²) in [7, 11) is 0. The molecule has 0 aromatic heterocycles. The van der Waals surface area contributed by atoms with Gasteiger partial charge in [0.05, 0.1) is 0 Å². The van der Waals surface area contributed by atoms with Gasteiger partial charge in [-0.3, -0.25) is 0 Å². The zero-order chi connectivity index (χ0) is 8.10. The Morgan fingerprint density at radius 2 is 2.00 bits per heavy atom. The third-order valence-corrected chi connectivity index (χ3v) is 2.40. The second-order valence-electron chi connectivity index (χ2n) is 2.23. The van der Waals surface area contributed by atoms with E-state index in [-0.39, 0.29) is 5.91 Å². The van der Waals surface area contributed by atoms with Gasteiger partial charge in [-0.1, -0.05) is 0 Å². The molecule has 0 unspecified atom stereocenters. The van der Waals surface area contributed by atoms with Gasteiger partial charge in [-0.2, -0.15) is 0 Å². The average molecular weight is 275 g/mol. The molecule has 2 nitrogen and oxygen atoms in total. The first-order valence-corrected chi connectivity index (χ1v) is 5.21. The molecule has 1 rings (SSSR count). The van der Waals surface area contributed by atoms with Gasteiger partial charge in [0.1, 0.15) is 0 Å². The van der Waals surface area contributed by atoms with Crippen molar-refractivity contribution < 1.29 is 44.4 Å². The van der Waals surface area contributed by atoms with E-state index in [1.165, 1.54) is 0 Å². The summed E-state index contributed by atoms with van der Waals surface area (Å²) in [4.78, 5) is 10.9. The molecule has 0 aliphatic rings. The van der Waals surface area contributed by atoms with Crippen LogP contribution in [-0.4, -0.2) is 5.91 Å². The van der Waals surface area contributed by atoms with Crippen LogP contribution in [0.25, 0.3) is 0 Å². The van der Waals surface area contributed by atoms with Crippen molar-refractivity contribution in [3.8, 4) is 0 Å². The Balaban J connectivity index is 2.58. The van der Waals surface area contributed by atoms with Gasteiger partial charge < -0.3 is 0 Å². The number of hydrogen-bond acceptors (Lipinski definition) is 1. The van der Waals surface area contributed by atoms with E-state index in [2.05, 4.69) is 1.34 Å². The summed E-state index contributed by atoms with van der Waals surface area (Å²) in [6.45, 7) is 0. The number of benzene rings is 1. The van der Waals surface area contributed by atoms with E-state index in [0.29, 0.717) is 46.0 Å². The standard InChI is InChI=1S/C8H9NO.Pr/c9-8(10)6-7-4-2-1-3-5-7;/h1-5H,6H2,(H2,9,10);/q;+1/p-1. The summed E-state index contributed by atoms with van der Waals surface area (Å²) in [5.41, 5.74) is 1.07. The molecule has 0 radical (unpaired) electrons. The van der Waals surface area contributed by atoms with Gasteiger partial charge >= 0.3 is 94.0 Å². The third-order valence-electron chi connectivity index (χ3n) is 1.37. The van der Waals surface area contributed by atoms with E-state index in [0.717, 1.165) is 5.56 Å². The van der Waals surface area contributed by atoms with Crippen molar-refractivity contribution in [3.63, 3.8) is 0 Å². The number of amides is 1. The van der Waals surface area contributed by atoms with Crippen molar-refractivity contribution >= 4 is 5.91 Å². The SMILES string of the molecule is O=C(Cc1ccccc1)[NH][Pr]. The first kappa shape index (κ1) is 9.14. The van der Waals surface area contributed by atoms with Gasteiger partial charge in [-0.05, 0) is 0 Å². The van der Waals surface area contributed by atoms with Gasteiger partial charge in [-0.25, -0.2) is 0 Å². The first-order valence-electron chi connectivity index (χ1n) is 3.36. The summed E-state index contributed by atoms with van der Waals surface area (Å²) in [5, 5.41) is 0. The Labute approximate surface area is 93.0 Å². The van der Waals surface area contributed by atoms with Crippen molar-refractivity contribution in [1.29, 1.82) is 0 Å². The molecule has 0 spiro atoms. The number of hydrogen-bond donors (Lipinski definition) is 1. The molecule has 1 N–H and O–H groups in total. The molecule has 1 amide bonds. The fourth-order valence-electron chi connectivity index (χ4n) is 0.832. The molecular formula is C8H8NOPr. The molecular weight excluding hydrogens is 267 g/mol. The van der Waals surface area contributed by atoms with E-state index in [4.69, 9.17) is 0 Å². The molecule has 0 atom stereocenters. The van der Waals surface area contributed by atoms with E-state index in [9.17, 15) is 4.79 Å². The van der Waals surface area contributed by atoms with Crippen molar-refractivity contribution in [2.24, 2.45) is 0 Å². The summed E-state index contributed by atoms with van der Waals surface area (Å²) < 4.78 is 2.74. The van der Waals surface area contributed by atoms with Crippen LogP contribution in [0.5, 0.6) is 0 Å².